The third-order valence-corrected chi connectivity index (χ3v) is 4.89. The van der Waals surface area contributed by atoms with Crippen LogP contribution in [0.2, 0.25) is 0 Å². The molecule has 0 bridgehead atoms. The van der Waals surface area contributed by atoms with Crippen molar-refractivity contribution in [3.05, 3.63) is 40.1 Å². The minimum atomic E-state index is 0.225. The van der Waals surface area contributed by atoms with Crippen LogP contribution in [-0.2, 0) is 6.54 Å². The molecule has 3 nitrogen and oxygen atoms in total. The largest absolute Gasteiger partial charge is 0.348 e. The van der Waals surface area contributed by atoms with Gasteiger partial charge in [-0.1, -0.05) is 13.8 Å². The van der Waals surface area contributed by atoms with Gasteiger partial charge in [0.25, 0.3) is 0 Å². The van der Waals surface area contributed by atoms with Gasteiger partial charge >= 0.3 is 0 Å². The monoisotopic (exact) mass is 275 g/mol. The van der Waals surface area contributed by atoms with Crippen molar-refractivity contribution in [2.45, 2.75) is 45.2 Å². The van der Waals surface area contributed by atoms with Crippen LogP contribution in [0.25, 0.3) is 0 Å². The molecule has 4 heteroatoms. The molecule has 1 aliphatic carbocycles. The van der Waals surface area contributed by atoms with Gasteiger partial charge in [0.1, 0.15) is 0 Å². The van der Waals surface area contributed by atoms with Crippen molar-refractivity contribution in [1.29, 1.82) is 0 Å². The highest BCUT2D eigenvalue weighted by Crippen LogP contribution is 2.39. The van der Waals surface area contributed by atoms with Crippen LogP contribution >= 0.6 is 11.3 Å². The number of nitrogens with zero attached hydrogens (tertiary/aromatic N) is 2. The van der Waals surface area contributed by atoms with Crippen LogP contribution in [0.15, 0.2) is 23.8 Å². The zero-order valence-electron chi connectivity index (χ0n) is 11.5. The van der Waals surface area contributed by atoms with Crippen molar-refractivity contribution in [2.24, 2.45) is 11.7 Å². The molecule has 102 valence electrons. The van der Waals surface area contributed by atoms with Gasteiger partial charge in [0.05, 0.1) is 17.2 Å². The molecule has 0 amide bonds. The molecule has 1 atom stereocenters. The van der Waals surface area contributed by atoms with Gasteiger partial charge in [-0.2, -0.15) is 0 Å². The normalized spacial score (nSPS) is 17.1. The SMILES string of the molecule is CC(C)c1nc(Cn2ccc(C(N)C3CC3)c2)cs1. The molecule has 3 rings (SSSR count). The first kappa shape index (κ1) is 12.9. The fraction of sp³-hybridized carbons (Fsp3) is 0.533. The van der Waals surface area contributed by atoms with Crippen molar-refractivity contribution in [3.63, 3.8) is 0 Å². The Hall–Kier alpha value is -1.13. The second-order valence-electron chi connectivity index (χ2n) is 5.81. The predicted octanol–water partition coefficient (Wildman–Crippen LogP) is 3.53. The molecule has 1 aliphatic rings. The van der Waals surface area contributed by atoms with E-state index in [-0.39, 0.29) is 6.04 Å². The lowest BCUT2D eigenvalue weighted by Crippen LogP contribution is -2.11. The Morgan fingerprint density at radius 3 is 2.89 bits per heavy atom. The van der Waals surface area contributed by atoms with Crippen LogP contribution in [0.5, 0.6) is 0 Å². The van der Waals surface area contributed by atoms with Gasteiger partial charge in [0.15, 0.2) is 0 Å². The topological polar surface area (TPSA) is 43.8 Å². The molecule has 2 N–H and O–H groups in total. The minimum absolute atomic E-state index is 0.225. The molecule has 0 aliphatic heterocycles. The molecule has 1 unspecified atom stereocenters. The molecular weight excluding hydrogens is 254 g/mol. The molecule has 2 heterocycles. The van der Waals surface area contributed by atoms with Crippen LogP contribution in [-0.4, -0.2) is 9.55 Å². The molecule has 0 aromatic carbocycles. The third kappa shape index (κ3) is 2.90. The molecule has 2 aromatic rings. The molecule has 0 spiro atoms. The van der Waals surface area contributed by atoms with E-state index in [1.165, 1.54) is 23.4 Å². The van der Waals surface area contributed by atoms with Crippen molar-refractivity contribution in [2.75, 3.05) is 0 Å². The molecular formula is C15H21N3S. The molecule has 1 fully saturated rings. The maximum Gasteiger partial charge on any atom is 0.0954 e. The standard InChI is InChI=1S/C15H21N3S/c1-10(2)15-17-13(9-19-15)8-18-6-5-12(7-18)14(16)11-3-4-11/h5-7,9-11,14H,3-4,8,16H2,1-2H3. The quantitative estimate of drug-likeness (QED) is 0.907. The summed E-state index contributed by atoms with van der Waals surface area (Å²) in [6.07, 6.45) is 6.87. The number of rotatable bonds is 5. The Kier molecular flexibility index (Phi) is 3.46. The molecule has 1 saturated carbocycles. The second-order valence-corrected chi connectivity index (χ2v) is 6.70. The Balaban J connectivity index is 1.68. The van der Waals surface area contributed by atoms with Crippen molar-refractivity contribution < 1.29 is 0 Å². The number of hydrogen-bond donors (Lipinski definition) is 1. The lowest BCUT2D eigenvalue weighted by Gasteiger charge is -2.07. The molecule has 2 aromatic heterocycles. The summed E-state index contributed by atoms with van der Waals surface area (Å²) in [7, 11) is 0. The average molecular weight is 275 g/mol. The van der Waals surface area contributed by atoms with Crippen molar-refractivity contribution in [3.8, 4) is 0 Å². The summed E-state index contributed by atoms with van der Waals surface area (Å²) in [5.74, 6) is 1.23. The van der Waals surface area contributed by atoms with E-state index in [0.29, 0.717) is 11.8 Å². The van der Waals surface area contributed by atoms with E-state index in [1.54, 1.807) is 11.3 Å². The van der Waals surface area contributed by atoms with Crippen LogP contribution in [0, 0.1) is 5.92 Å². The molecule has 0 saturated heterocycles. The zero-order chi connectivity index (χ0) is 13.4. The lowest BCUT2D eigenvalue weighted by atomic mass is 10.1. The number of hydrogen-bond acceptors (Lipinski definition) is 3. The Morgan fingerprint density at radius 1 is 1.47 bits per heavy atom. The van der Waals surface area contributed by atoms with Gasteiger partial charge in [0.2, 0.25) is 0 Å². The zero-order valence-corrected chi connectivity index (χ0v) is 12.4. The predicted molar refractivity (Wildman–Crippen MR) is 79.4 cm³/mol. The molecule has 19 heavy (non-hydrogen) atoms. The number of thiazole rings is 1. The summed E-state index contributed by atoms with van der Waals surface area (Å²) in [5.41, 5.74) is 8.64. The summed E-state index contributed by atoms with van der Waals surface area (Å²) < 4.78 is 2.19. The van der Waals surface area contributed by atoms with Crippen LogP contribution in [0.4, 0.5) is 0 Å². The highest BCUT2D eigenvalue weighted by molar-refractivity contribution is 7.09. The third-order valence-electron chi connectivity index (χ3n) is 3.70. The van der Waals surface area contributed by atoms with E-state index in [1.807, 2.05) is 0 Å². The van der Waals surface area contributed by atoms with E-state index in [9.17, 15) is 0 Å². The van der Waals surface area contributed by atoms with Crippen LogP contribution in [0.1, 0.15) is 54.9 Å². The van der Waals surface area contributed by atoms with E-state index in [4.69, 9.17) is 5.73 Å². The first-order valence-corrected chi connectivity index (χ1v) is 7.87. The smallest absolute Gasteiger partial charge is 0.0954 e. The van der Waals surface area contributed by atoms with E-state index >= 15 is 0 Å². The second kappa shape index (κ2) is 5.10. The first-order chi connectivity index (χ1) is 9.13. The van der Waals surface area contributed by atoms with Gasteiger partial charge in [-0.15, -0.1) is 11.3 Å². The van der Waals surface area contributed by atoms with E-state index in [2.05, 4.69) is 47.2 Å². The summed E-state index contributed by atoms with van der Waals surface area (Å²) >= 11 is 1.76. The molecule has 0 radical (unpaired) electrons. The fourth-order valence-electron chi connectivity index (χ4n) is 2.33. The van der Waals surface area contributed by atoms with Gasteiger partial charge in [-0.3, -0.25) is 0 Å². The van der Waals surface area contributed by atoms with Gasteiger partial charge < -0.3 is 10.3 Å². The fourth-order valence-corrected chi connectivity index (χ4v) is 3.16. The maximum atomic E-state index is 6.22. The number of aromatic nitrogens is 2. The highest BCUT2D eigenvalue weighted by atomic mass is 32.1. The van der Waals surface area contributed by atoms with Crippen LogP contribution in [0.3, 0.4) is 0 Å². The summed E-state index contributed by atoms with van der Waals surface area (Å²) in [6.45, 7) is 5.22. The van der Waals surface area contributed by atoms with Gasteiger partial charge in [0, 0.05) is 29.7 Å². The number of nitrogens with two attached hydrogens (primary N) is 1. The average Bonchev–Trinajstić information content (AvgIpc) is 2.94. The minimum Gasteiger partial charge on any atom is -0.348 e. The summed E-state index contributed by atoms with van der Waals surface area (Å²) in [5, 5.41) is 3.38. The first-order valence-electron chi connectivity index (χ1n) is 6.99. The Morgan fingerprint density at radius 2 is 2.26 bits per heavy atom. The van der Waals surface area contributed by atoms with Crippen molar-refractivity contribution >= 4 is 11.3 Å². The summed E-state index contributed by atoms with van der Waals surface area (Å²) in [4.78, 5) is 4.67. The van der Waals surface area contributed by atoms with Crippen molar-refractivity contribution in [1.82, 2.24) is 9.55 Å². The maximum absolute atomic E-state index is 6.22. The van der Waals surface area contributed by atoms with Gasteiger partial charge in [-0.05, 0) is 30.4 Å². The van der Waals surface area contributed by atoms with Crippen LogP contribution < -0.4 is 5.73 Å². The Labute approximate surface area is 118 Å². The lowest BCUT2D eigenvalue weighted by molar-refractivity contribution is 0.630. The van der Waals surface area contributed by atoms with E-state index in [0.717, 1.165) is 12.2 Å². The van der Waals surface area contributed by atoms with Gasteiger partial charge in [-0.25, -0.2) is 4.98 Å². The Bertz CT molecular complexity index is 551. The highest BCUT2D eigenvalue weighted by Gasteiger charge is 2.29. The van der Waals surface area contributed by atoms with E-state index < -0.39 is 0 Å². The summed E-state index contributed by atoms with van der Waals surface area (Å²) in [6, 6.07) is 2.38.